The van der Waals surface area contributed by atoms with E-state index in [1.54, 1.807) is 6.92 Å². The van der Waals surface area contributed by atoms with Gasteiger partial charge in [0.25, 0.3) is 11.6 Å². The maximum Gasteiger partial charge on any atom is 0.307 e. The van der Waals surface area contributed by atoms with Crippen LogP contribution in [-0.4, -0.2) is 41.9 Å². The summed E-state index contributed by atoms with van der Waals surface area (Å²) in [7, 11) is 1.28. The molecule has 0 spiro atoms. The SMILES string of the molecule is CCN(CCC(=O)OC)C(=O)c1cccc([N+](=O)[O-])c1Br. The zero-order chi connectivity index (χ0) is 16.0. The van der Waals surface area contributed by atoms with Crippen LogP contribution in [0.2, 0.25) is 0 Å². The molecular formula is C13H15BrN2O5. The van der Waals surface area contributed by atoms with Crippen molar-refractivity contribution in [2.45, 2.75) is 13.3 Å². The lowest BCUT2D eigenvalue weighted by Gasteiger charge is -2.20. The van der Waals surface area contributed by atoms with Gasteiger partial charge in [0.1, 0.15) is 4.47 Å². The number of ether oxygens (including phenoxy) is 1. The largest absolute Gasteiger partial charge is 0.469 e. The Kier molecular flexibility index (Phi) is 6.29. The third kappa shape index (κ3) is 4.25. The van der Waals surface area contributed by atoms with Gasteiger partial charge >= 0.3 is 5.97 Å². The summed E-state index contributed by atoms with van der Waals surface area (Å²) in [6.45, 7) is 2.34. The first-order valence-corrected chi connectivity index (χ1v) is 7.00. The Hall–Kier alpha value is -1.96. The normalized spacial score (nSPS) is 10.0. The van der Waals surface area contributed by atoms with Crippen molar-refractivity contribution in [3.63, 3.8) is 0 Å². The molecule has 1 amide bonds. The summed E-state index contributed by atoms with van der Waals surface area (Å²) < 4.78 is 4.67. The molecule has 0 bridgehead atoms. The molecular weight excluding hydrogens is 344 g/mol. The van der Waals surface area contributed by atoms with Crippen LogP contribution >= 0.6 is 15.9 Å². The number of nitro benzene ring substituents is 1. The molecule has 1 aromatic carbocycles. The number of benzene rings is 1. The van der Waals surface area contributed by atoms with Crippen molar-refractivity contribution in [1.82, 2.24) is 4.90 Å². The van der Waals surface area contributed by atoms with Crippen LogP contribution < -0.4 is 0 Å². The average Bonchev–Trinajstić information content (AvgIpc) is 2.47. The van der Waals surface area contributed by atoms with E-state index in [4.69, 9.17) is 0 Å². The smallest absolute Gasteiger partial charge is 0.307 e. The minimum atomic E-state index is -0.564. The standard InChI is InChI=1S/C13H15BrN2O5/c1-3-15(8-7-11(17)21-2)13(18)9-5-4-6-10(12(9)14)16(19)20/h4-6H,3,7-8H2,1-2H3. The van der Waals surface area contributed by atoms with Crippen LogP contribution in [0.4, 0.5) is 5.69 Å². The number of methoxy groups -OCH3 is 1. The van der Waals surface area contributed by atoms with Crippen LogP contribution in [0.25, 0.3) is 0 Å². The highest BCUT2D eigenvalue weighted by atomic mass is 79.9. The van der Waals surface area contributed by atoms with Gasteiger partial charge in [-0.1, -0.05) is 6.07 Å². The molecule has 0 aliphatic rings. The molecule has 0 aliphatic carbocycles. The summed E-state index contributed by atoms with van der Waals surface area (Å²) in [6.07, 6.45) is 0.0720. The van der Waals surface area contributed by atoms with Crippen molar-refractivity contribution in [1.29, 1.82) is 0 Å². The van der Waals surface area contributed by atoms with Gasteiger partial charge in [-0.2, -0.15) is 0 Å². The number of hydrogen-bond acceptors (Lipinski definition) is 5. The first-order valence-electron chi connectivity index (χ1n) is 6.21. The summed E-state index contributed by atoms with van der Waals surface area (Å²) in [4.78, 5) is 35.3. The van der Waals surface area contributed by atoms with Crippen molar-refractivity contribution < 1.29 is 19.2 Å². The molecule has 0 aromatic heterocycles. The molecule has 1 rings (SSSR count). The molecule has 0 saturated carbocycles. The van der Waals surface area contributed by atoms with E-state index in [1.807, 2.05) is 0 Å². The number of amides is 1. The lowest BCUT2D eigenvalue weighted by molar-refractivity contribution is -0.385. The number of nitrogens with zero attached hydrogens (tertiary/aromatic N) is 2. The van der Waals surface area contributed by atoms with Gasteiger partial charge in [-0.15, -0.1) is 0 Å². The van der Waals surface area contributed by atoms with E-state index in [1.165, 1.54) is 30.2 Å². The molecule has 0 unspecified atom stereocenters. The van der Waals surface area contributed by atoms with Gasteiger partial charge in [-0.25, -0.2) is 0 Å². The summed E-state index contributed by atoms with van der Waals surface area (Å²) in [6, 6.07) is 4.26. The predicted octanol–water partition coefficient (Wildman–Crippen LogP) is 2.38. The predicted molar refractivity (Wildman–Crippen MR) is 79.0 cm³/mol. The fourth-order valence-electron chi connectivity index (χ4n) is 1.73. The van der Waals surface area contributed by atoms with E-state index in [9.17, 15) is 19.7 Å². The fraction of sp³-hybridized carbons (Fsp3) is 0.385. The molecule has 0 saturated heterocycles. The van der Waals surface area contributed by atoms with Crippen molar-refractivity contribution in [3.05, 3.63) is 38.3 Å². The molecule has 1 aromatic rings. The zero-order valence-electron chi connectivity index (χ0n) is 11.7. The summed E-state index contributed by atoms with van der Waals surface area (Å²) in [5.74, 6) is -0.795. The topological polar surface area (TPSA) is 89.8 Å². The van der Waals surface area contributed by atoms with Gasteiger partial charge in [-0.3, -0.25) is 19.7 Å². The second-order valence-electron chi connectivity index (χ2n) is 4.11. The summed E-state index contributed by atoms with van der Waals surface area (Å²) >= 11 is 3.09. The number of hydrogen-bond donors (Lipinski definition) is 0. The average molecular weight is 359 g/mol. The van der Waals surface area contributed by atoms with Crippen LogP contribution in [0.15, 0.2) is 22.7 Å². The molecule has 0 atom stereocenters. The van der Waals surface area contributed by atoms with Gasteiger partial charge < -0.3 is 9.64 Å². The molecule has 114 valence electrons. The van der Waals surface area contributed by atoms with Gasteiger partial charge in [0.2, 0.25) is 0 Å². The Morgan fingerprint density at radius 1 is 1.43 bits per heavy atom. The molecule has 21 heavy (non-hydrogen) atoms. The third-order valence-corrected chi connectivity index (χ3v) is 3.72. The number of halogens is 1. The minimum Gasteiger partial charge on any atom is -0.469 e. The second kappa shape index (κ2) is 7.72. The maximum absolute atomic E-state index is 12.4. The monoisotopic (exact) mass is 358 g/mol. The van der Waals surface area contributed by atoms with Gasteiger partial charge in [-0.05, 0) is 28.9 Å². The highest BCUT2D eigenvalue weighted by Gasteiger charge is 2.23. The van der Waals surface area contributed by atoms with E-state index < -0.39 is 10.9 Å². The van der Waals surface area contributed by atoms with Crippen LogP contribution in [-0.2, 0) is 9.53 Å². The Bertz CT molecular complexity index is 561. The van der Waals surface area contributed by atoms with Crippen molar-refractivity contribution >= 4 is 33.5 Å². The Balaban J connectivity index is 2.98. The number of carbonyl (C=O) groups is 2. The van der Waals surface area contributed by atoms with Crippen molar-refractivity contribution in [3.8, 4) is 0 Å². The Labute approximate surface area is 130 Å². The first-order chi connectivity index (χ1) is 9.92. The van der Waals surface area contributed by atoms with E-state index in [2.05, 4.69) is 20.7 Å². The Morgan fingerprint density at radius 3 is 2.62 bits per heavy atom. The number of carbonyl (C=O) groups excluding carboxylic acids is 2. The summed E-state index contributed by atoms with van der Waals surface area (Å²) in [5, 5.41) is 10.9. The number of nitro groups is 1. The third-order valence-electron chi connectivity index (χ3n) is 2.89. The second-order valence-corrected chi connectivity index (χ2v) is 4.90. The molecule has 0 aliphatic heterocycles. The lowest BCUT2D eigenvalue weighted by atomic mass is 10.1. The molecule has 0 radical (unpaired) electrons. The molecule has 7 nitrogen and oxygen atoms in total. The van der Waals surface area contributed by atoms with E-state index in [-0.39, 0.29) is 34.6 Å². The zero-order valence-corrected chi connectivity index (χ0v) is 13.3. The highest BCUT2D eigenvalue weighted by Crippen LogP contribution is 2.29. The molecule has 8 heteroatoms. The van der Waals surface area contributed by atoms with Crippen LogP contribution in [0.3, 0.4) is 0 Å². The quantitative estimate of drug-likeness (QED) is 0.442. The number of esters is 1. The van der Waals surface area contributed by atoms with Crippen LogP contribution in [0, 0.1) is 10.1 Å². The number of rotatable bonds is 6. The lowest BCUT2D eigenvalue weighted by Crippen LogP contribution is -2.33. The molecule has 0 heterocycles. The minimum absolute atomic E-state index is 0.0720. The Morgan fingerprint density at radius 2 is 2.10 bits per heavy atom. The van der Waals surface area contributed by atoms with Crippen molar-refractivity contribution in [2.75, 3.05) is 20.2 Å². The van der Waals surface area contributed by atoms with E-state index in [0.717, 1.165) is 0 Å². The fourth-order valence-corrected chi connectivity index (χ4v) is 2.31. The molecule has 0 fully saturated rings. The first kappa shape index (κ1) is 17.1. The van der Waals surface area contributed by atoms with Gasteiger partial charge in [0.15, 0.2) is 0 Å². The maximum atomic E-state index is 12.4. The molecule has 0 N–H and O–H groups in total. The van der Waals surface area contributed by atoms with Crippen molar-refractivity contribution in [2.24, 2.45) is 0 Å². The summed E-state index contributed by atoms with van der Waals surface area (Å²) in [5.41, 5.74) is 0.0146. The van der Waals surface area contributed by atoms with Gasteiger partial charge in [0, 0.05) is 19.2 Å². The van der Waals surface area contributed by atoms with E-state index >= 15 is 0 Å². The van der Waals surface area contributed by atoms with Crippen LogP contribution in [0.1, 0.15) is 23.7 Å². The van der Waals surface area contributed by atoms with Gasteiger partial charge in [0.05, 0.1) is 24.0 Å². The highest BCUT2D eigenvalue weighted by molar-refractivity contribution is 9.10. The van der Waals surface area contributed by atoms with Crippen LogP contribution in [0.5, 0.6) is 0 Å². The van der Waals surface area contributed by atoms with E-state index in [0.29, 0.717) is 6.54 Å².